The number of nitrogens with one attached hydrogen (secondary N) is 2. The highest BCUT2D eigenvalue weighted by atomic mass is 16.5. The van der Waals surface area contributed by atoms with Crippen LogP contribution in [0.2, 0.25) is 0 Å². The number of aromatic nitrogens is 2. The van der Waals surface area contributed by atoms with Crippen LogP contribution >= 0.6 is 0 Å². The van der Waals surface area contributed by atoms with E-state index in [4.69, 9.17) is 4.74 Å². The lowest BCUT2D eigenvalue weighted by molar-refractivity contribution is -0.128. The molecule has 146 valence electrons. The van der Waals surface area contributed by atoms with Crippen LogP contribution in [0.1, 0.15) is 24.2 Å². The summed E-state index contributed by atoms with van der Waals surface area (Å²) in [4.78, 5) is 28.4. The van der Waals surface area contributed by atoms with Gasteiger partial charge in [-0.1, -0.05) is 29.8 Å². The van der Waals surface area contributed by atoms with Gasteiger partial charge in [0.1, 0.15) is 11.6 Å². The Morgan fingerprint density at radius 1 is 1.04 bits per heavy atom. The molecular weight excluding hydrogens is 356 g/mol. The summed E-state index contributed by atoms with van der Waals surface area (Å²) in [5, 5.41) is 0. The zero-order chi connectivity index (χ0) is 19.9. The minimum Gasteiger partial charge on any atom is -0.494 e. The summed E-state index contributed by atoms with van der Waals surface area (Å²) in [6.07, 6.45) is 0.904. The maximum atomic E-state index is 12.1. The normalized spacial score (nSPS) is 10.6. The quantitative estimate of drug-likeness (QED) is 0.487. The number of nitrogens with zero attached hydrogens (tertiary/aromatic N) is 2. The molecule has 28 heavy (non-hydrogen) atoms. The second kappa shape index (κ2) is 9.03. The minimum atomic E-state index is -0.317. The predicted octanol–water partition coefficient (Wildman–Crippen LogP) is 2.43. The first-order chi connectivity index (χ1) is 13.5. The van der Waals surface area contributed by atoms with E-state index in [1.54, 1.807) is 0 Å². The van der Waals surface area contributed by atoms with E-state index in [0.29, 0.717) is 18.9 Å². The second-order valence-corrected chi connectivity index (χ2v) is 6.61. The molecule has 0 spiro atoms. The van der Waals surface area contributed by atoms with Crippen molar-refractivity contribution in [3.8, 4) is 5.75 Å². The molecule has 2 N–H and O–H groups in total. The monoisotopic (exact) mass is 380 g/mol. The molecule has 0 aliphatic rings. The summed E-state index contributed by atoms with van der Waals surface area (Å²) in [6, 6.07) is 15.4. The van der Waals surface area contributed by atoms with Crippen LogP contribution in [0.25, 0.3) is 11.0 Å². The fourth-order valence-corrected chi connectivity index (χ4v) is 2.80. The highest BCUT2D eigenvalue weighted by Crippen LogP contribution is 2.14. The molecule has 0 radical (unpaired) electrons. The van der Waals surface area contributed by atoms with Gasteiger partial charge in [0.05, 0.1) is 24.1 Å². The van der Waals surface area contributed by atoms with E-state index >= 15 is 0 Å². The number of aryl methyl sites for hydroxylation is 2. The van der Waals surface area contributed by atoms with Crippen molar-refractivity contribution in [1.29, 1.82) is 0 Å². The van der Waals surface area contributed by atoms with E-state index in [0.717, 1.165) is 16.8 Å². The molecule has 0 aliphatic heterocycles. The van der Waals surface area contributed by atoms with Gasteiger partial charge in [-0.05, 0) is 37.6 Å². The van der Waals surface area contributed by atoms with Crippen LogP contribution in [0.3, 0.4) is 0 Å². The van der Waals surface area contributed by atoms with Gasteiger partial charge in [-0.25, -0.2) is 4.98 Å². The molecule has 7 nitrogen and oxygen atoms in total. The van der Waals surface area contributed by atoms with Gasteiger partial charge in [-0.2, -0.15) is 0 Å². The first-order valence-electron chi connectivity index (χ1n) is 9.20. The third-order valence-corrected chi connectivity index (χ3v) is 4.38. The van der Waals surface area contributed by atoms with Crippen molar-refractivity contribution in [1.82, 2.24) is 20.4 Å². The highest BCUT2D eigenvalue weighted by molar-refractivity contribution is 5.84. The third-order valence-electron chi connectivity index (χ3n) is 4.38. The summed E-state index contributed by atoms with van der Waals surface area (Å²) < 4.78 is 7.45. The zero-order valence-electron chi connectivity index (χ0n) is 16.1. The molecule has 0 saturated heterocycles. The molecule has 0 fully saturated rings. The molecule has 0 saturated carbocycles. The van der Waals surface area contributed by atoms with Crippen molar-refractivity contribution in [2.24, 2.45) is 7.05 Å². The van der Waals surface area contributed by atoms with Gasteiger partial charge >= 0.3 is 0 Å². The van der Waals surface area contributed by atoms with E-state index < -0.39 is 0 Å². The summed E-state index contributed by atoms with van der Waals surface area (Å²) in [6.45, 7) is 2.45. The maximum Gasteiger partial charge on any atom is 0.245 e. The Bertz CT molecular complexity index is 963. The number of rotatable bonds is 7. The number of amides is 2. The van der Waals surface area contributed by atoms with Gasteiger partial charge in [-0.3, -0.25) is 20.4 Å². The van der Waals surface area contributed by atoms with Crippen molar-refractivity contribution in [2.45, 2.75) is 26.2 Å². The van der Waals surface area contributed by atoms with Crippen molar-refractivity contribution < 1.29 is 14.3 Å². The number of carbonyl (C=O) groups is 2. The SMILES string of the molecule is Cc1ccc(OCCCC(=O)NNC(=O)Cc2nc3ccccc3n2C)cc1. The molecular formula is C21H24N4O3. The van der Waals surface area contributed by atoms with Crippen LogP contribution in [0, 0.1) is 6.92 Å². The number of hydrogen-bond donors (Lipinski definition) is 2. The van der Waals surface area contributed by atoms with Crippen LogP contribution in [-0.4, -0.2) is 28.0 Å². The molecule has 7 heteroatoms. The number of carbonyl (C=O) groups excluding carboxylic acids is 2. The number of hydrogen-bond acceptors (Lipinski definition) is 4. The molecule has 3 rings (SSSR count). The summed E-state index contributed by atoms with van der Waals surface area (Å²) in [5.74, 6) is 0.842. The van der Waals surface area contributed by atoms with E-state index in [-0.39, 0.29) is 24.7 Å². The van der Waals surface area contributed by atoms with Crippen LogP contribution < -0.4 is 15.6 Å². The average Bonchev–Trinajstić information content (AvgIpc) is 3.01. The van der Waals surface area contributed by atoms with Crippen LogP contribution in [0.5, 0.6) is 5.75 Å². The molecule has 0 aliphatic carbocycles. The summed E-state index contributed by atoms with van der Waals surface area (Å²) >= 11 is 0. The molecule has 0 unspecified atom stereocenters. The summed E-state index contributed by atoms with van der Waals surface area (Å²) in [5.41, 5.74) is 7.83. The third kappa shape index (κ3) is 5.09. The second-order valence-electron chi connectivity index (χ2n) is 6.61. The van der Waals surface area contributed by atoms with Crippen molar-refractivity contribution in [3.63, 3.8) is 0 Å². The first kappa shape index (κ1) is 19.4. The molecule has 1 heterocycles. The Morgan fingerprint density at radius 3 is 2.50 bits per heavy atom. The largest absolute Gasteiger partial charge is 0.494 e. The lowest BCUT2D eigenvalue weighted by atomic mass is 10.2. The van der Waals surface area contributed by atoms with Gasteiger partial charge in [-0.15, -0.1) is 0 Å². The number of benzene rings is 2. The molecule has 2 aromatic carbocycles. The molecule has 0 bridgehead atoms. The standard InChI is InChI=1S/C21H24N4O3/c1-15-9-11-16(12-10-15)28-13-5-8-20(26)23-24-21(27)14-19-22-17-6-3-4-7-18(17)25(19)2/h3-4,6-7,9-12H,5,8,13-14H2,1-2H3,(H,23,26)(H,24,27). The smallest absolute Gasteiger partial charge is 0.245 e. The van der Waals surface area contributed by atoms with Gasteiger partial charge in [0.25, 0.3) is 0 Å². The topological polar surface area (TPSA) is 85.2 Å². The molecule has 3 aromatic rings. The Kier molecular flexibility index (Phi) is 6.26. The van der Waals surface area contributed by atoms with E-state index in [1.165, 1.54) is 5.56 Å². The van der Waals surface area contributed by atoms with E-state index in [1.807, 2.05) is 67.1 Å². The Labute approximate surface area is 163 Å². The molecule has 2 amide bonds. The minimum absolute atomic E-state index is 0.0853. The Hall–Kier alpha value is -3.35. The van der Waals surface area contributed by atoms with Gasteiger partial charge in [0.15, 0.2) is 0 Å². The highest BCUT2D eigenvalue weighted by Gasteiger charge is 2.12. The van der Waals surface area contributed by atoms with Crippen molar-refractivity contribution >= 4 is 22.8 Å². The summed E-state index contributed by atoms with van der Waals surface area (Å²) in [7, 11) is 1.87. The number of fused-ring (bicyclic) bond motifs is 1. The van der Waals surface area contributed by atoms with Crippen LogP contribution in [0.15, 0.2) is 48.5 Å². The van der Waals surface area contributed by atoms with E-state index in [9.17, 15) is 9.59 Å². The van der Waals surface area contributed by atoms with E-state index in [2.05, 4.69) is 15.8 Å². The fraction of sp³-hybridized carbons (Fsp3) is 0.286. The first-order valence-corrected chi connectivity index (χ1v) is 9.20. The predicted molar refractivity (Wildman–Crippen MR) is 107 cm³/mol. The fourth-order valence-electron chi connectivity index (χ4n) is 2.80. The zero-order valence-corrected chi connectivity index (χ0v) is 16.1. The number of imidazole rings is 1. The lowest BCUT2D eigenvalue weighted by Gasteiger charge is -2.08. The van der Waals surface area contributed by atoms with Crippen LogP contribution in [0.4, 0.5) is 0 Å². The Balaban J connectivity index is 1.37. The maximum absolute atomic E-state index is 12.1. The molecule has 1 aromatic heterocycles. The number of hydrazine groups is 1. The van der Waals surface area contributed by atoms with Crippen molar-refractivity contribution in [3.05, 3.63) is 59.9 Å². The van der Waals surface area contributed by atoms with Gasteiger partial charge in [0.2, 0.25) is 11.8 Å². The number of ether oxygens (including phenoxy) is 1. The lowest BCUT2D eigenvalue weighted by Crippen LogP contribution is -2.42. The van der Waals surface area contributed by atoms with Crippen molar-refractivity contribution in [2.75, 3.05) is 6.61 Å². The Morgan fingerprint density at radius 2 is 1.75 bits per heavy atom. The van der Waals surface area contributed by atoms with Gasteiger partial charge in [0, 0.05) is 13.5 Å². The molecule has 0 atom stereocenters. The number of para-hydroxylation sites is 2. The van der Waals surface area contributed by atoms with Crippen LogP contribution in [-0.2, 0) is 23.1 Å². The average molecular weight is 380 g/mol. The van der Waals surface area contributed by atoms with Gasteiger partial charge < -0.3 is 9.30 Å².